The first-order valence-corrected chi connectivity index (χ1v) is 6.09. The van der Waals surface area contributed by atoms with Crippen LogP contribution in [0, 0.1) is 0 Å². The molecule has 1 unspecified atom stereocenters. The van der Waals surface area contributed by atoms with Crippen molar-refractivity contribution in [2.75, 3.05) is 25.0 Å². The molecule has 0 bridgehead atoms. The maximum atomic E-state index is 12.0. The number of rotatable bonds is 3. The van der Waals surface area contributed by atoms with Gasteiger partial charge in [-0.3, -0.25) is 9.36 Å². The predicted octanol–water partition coefficient (Wildman–Crippen LogP) is -1.33. The van der Waals surface area contributed by atoms with Gasteiger partial charge in [-0.15, -0.1) is 5.10 Å². The molecule has 1 aromatic rings. The van der Waals surface area contributed by atoms with E-state index in [2.05, 4.69) is 10.4 Å². The Morgan fingerprint density at radius 2 is 2.17 bits per heavy atom. The highest BCUT2D eigenvalue weighted by molar-refractivity contribution is 5.33. The molecule has 0 aliphatic carbocycles. The molecule has 100 valence electrons. The zero-order chi connectivity index (χ0) is 13.3. The summed E-state index contributed by atoms with van der Waals surface area (Å²) in [7, 11) is 4.85. The fraction of sp³-hybridized carbons (Fsp3) is 0.727. The zero-order valence-corrected chi connectivity index (χ0v) is 11.0. The van der Waals surface area contributed by atoms with Gasteiger partial charge in [0, 0.05) is 33.7 Å². The fourth-order valence-corrected chi connectivity index (χ4v) is 2.25. The van der Waals surface area contributed by atoms with Crippen molar-refractivity contribution < 1.29 is 0 Å². The van der Waals surface area contributed by atoms with Gasteiger partial charge in [-0.1, -0.05) is 0 Å². The summed E-state index contributed by atoms with van der Waals surface area (Å²) in [6.07, 6.45) is 2.27. The molecule has 7 nitrogen and oxygen atoms in total. The molecule has 1 aliphatic rings. The summed E-state index contributed by atoms with van der Waals surface area (Å²) in [5.41, 5.74) is -0.755. The van der Waals surface area contributed by atoms with Gasteiger partial charge >= 0.3 is 5.69 Å². The van der Waals surface area contributed by atoms with Crippen molar-refractivity contribution in [1.29, 1.82) is 0 Å². The average molecular weight is 253 g/mol. The van der Waals surface area contributed by atoms with Crippen LogP contribution in [0.5, 0.6) is 0 Å². The summed E-state index contributed by atoms with van der Waals surface area (Å²) in [5.74, 6) is 0.313. The van der Waals surface area contributed by atoms with Crippen LogP contribution in [-0.4, -0.2) is 40.5 Å². The van der Waals surface area contributed by atoms with E-state index in [-0.39, 0.29) is 5.56 Å². The molecule has 2 heterocycles. The maximum absolute atomic E-state index is 12.0. The molecule has 0 aromatic carbocycles. The van der Waals surface area contributed by atoms with Gasteiger partial charge in [-0.05, 0) is 19.4 Å². The Bertz CT molecular complexity index is 541. The molecular weight excluding hydrogens is 234 g/mol. The summed E-state index contributed by atoms with van der Waals surface area (Å²) in [6.45, 7) is 1.75. The molecule has 7 heteroatoms. The quantitative estimate of drug-likeness (QED) is 0.722. The third-order valence-electron chi connectivity index (χ3n) is 3.32. The lowest BCUT2D eigenvalue weighted by Gasteiger charge is -2.22. The predicted molar refractivity (Wildman–Crippen MR) is 69.0 cm³/mol. The molecule has 0 saturated carbocycles. The second-order valence-corrected chi connectivity index (χ2v) is 4.77. The van der Waals surface area contributed by atoms with Crippen molar-refractivity contribution in [3.05, 3.63) is 20.8 Å². The largest absolute Gasteiger partial charge is 0.352 e. The first-order chi connectivity index (χ1) is 8.50. The van der Waals surface area contributed by atoms with Crippen molar-refractivity contribution in [1.82, 2.24) is 19.7 Å². The first kappa shape index (κ1) is 12.8. The Morgan fingerprint density at radius 3 is 2.78 bits per heavy atom. The van der Waals surface area contributed by atoms with E-state index in [1.807, 2.05) is 11.9 Å². The van der Waals surface area contributed by atoms with Crippen molar-refractivity contribution in [3.8, 4) is 0 Å². The minimum absolute atomic E-state index is 0.313. The highest BCUT2D eigenvalue weighted by Gasteiger charge is 2.19. The second kappa shape index (κ2) is 4.93. The number of nitrogens with zero attached hydrogens (tertiary/aromatic N) is 4. The molecule has 1 saturated heterocycles. The molecule has 18 heavy (non-hydrogen) atoms. The lowest BCUT2D eigenvalue weighted by molar-refractivity contribution is 0.565. The van der Waals surface area contributed by atoms with Crippen molar-refractivity contribution >= 4 is 5.82 Å². The van der Waals surface area contributed by atoms with Crippen LogP contribution in [-0.2, 0) is 14.1 Å². The van der Waals surface area contributed by atoms with Gasteiger partial charge in [0.05, 0.1) is 0 Å². The van der Waals surface area contributed by atoms with Gasteiger partial charge in [0.15, 0.2) is 0 Å². The Morgan fingerprint density at radius 1 is 1.44 bits per heavy atom. The Balaban J connectivity index is 2.27. The fourth-order valence-electron chi connectivity index (χ4n) is 2.25. The molecule has 1 N–H and O–H groups in total. The number of hydrogen-bond donors (Lipinski definition) is 1. The minimum Gasteiger partial charge on any atom is -0.352 e. The van der Waals surface area contributed by atoms with Crippen molar-refractivity contribution in [3.63, 3.8) is 0 Å². The van der Waals surface area contributed by atoms with Crippen LogP contribution >= 0.6 is 0 Å². The summed E-state index contributed by atoms with van der Waals surface area (Å²) in [5, 5.41) is 7.41. The zero-order valence-electron chi connectivity index (χ0n) is 11.0. The van der Waals surface area contributed by atoms with E-state index in [1.54, 1.807) is 7.05 Å². The van der Waals surface area contributed by atoms with Crippen LogP contribution in [0.15, 0.2) is 9.59 Å². The monoisotopic (exact) mass is 253 g/mol. The smallest absolute Gasteiger partial charge is 0.346 e. The van der Waals surface area contributed by atoms with Crippen LogP contribution in [0.3, 0.4) is 0 Å². The SMILES string of the molecule is CN(CC1CCCN1)c1nn(C)c(=O)n(C)c1=O. The molecule has 0 spiro atoms. The van der Waals surface area contributed by atoms with Gasteiger partial charge < -0.3 is 10.2 Å². The van der Waals surface area contributed by atoms with Gasteiger partial charge in [0.1, 0.15) is 0 Å². The number of aryl methyl sites for hydroxylation is 1. The standard InChI is InChI=1S/C11H19N5O2/c1-14(7-8-5-4-6-12-8)9-10(17)15(2)11(18)16(3)13-9/h8,12H,4-7H2,1-3H3. The number of anilines is 1. The topological polar surface area (TPSA) is 72.2 Å². The lowest BCUT2D eigenvalue weighted by Crippen LogP contribution is -2.44. The molecule has 0 radical (unpaired) electrons. The van der Waals surface area contributed by atoms with Crippen LogP contribution in [0.25, 0.3) is 0 Å². The molecule has 1 aromatic heterocycles. The Kier molecular flexibility index (Phi) is 3.51. The second-order valence-electron chi connectivity index (χ2n) is 4.77. The van der Waals surface area contributed by atoms with Crippen LogP contribution in [0.2, 0.25) is 0 Å². The van der Waals surface area contributed by atoms with E-state index in [0.29, 0.717) is 11.9 Å². The van der Waals surface area contributed by atoms with E-state index in [4.69, 9.17) is 0 Å². The first-order valence-electron chi connectivity index (χ1n) is 6.09. The van der Waals surface area contributed by atoms with E-state index in [9.17, 15) is 9.59 Å². The third-order valence-corrected chi connectivity index (χ3v) is 3.32. The maximum Gasteiger partial charge on any atom is 0.346 e. The minimum atomic E-state index is -0.406. The summed E-state index contributed by atoms with van der Waals surface area (Å²) >= 11 is 0. The Labute approximate surface area is 105 Å². The van der Waals surface area contributed by atoms with Gasteiger partial charge in [0.25, 0.3) is 5.56 Å². The van der Waals surface area contributed by atoms with E-state index >= 15 is 0 Å². The van der Waals surface area contributed by atoms with Crippen molar-refractivity contribution in [2.24, 2.45) is 14.1 Å². The number of nitrogens with one attached hydrogen (secondary N) is 1. The van der Waals surface area contributed by atoms with E-state index in [1.165, 1.54) is 11.7 Å². The summed E-state index contributed by atoms with van der Waals surface area (Å²) < 4.78 is 2.27. The summed E-state index contributed by atoms with van der Waals surface area (Å²) in [4.78, 5) is 25.3. The molecule has 2 rings (SSSR count). The molecule has 0 amide bonds. The Hall–Kier alpha value is -1.63. The normalized spacial score (nSPS) is 19.2. The van der Waals surface area contributed by atoms with Crippen LogP contribution in [0.4, 0.5) is 5.82 Å². The van der Waals surface area contributed by atoms with Crippen LogP contribution in [0.1, 0.15) is 12.8 Å². The number of hydrogen-bond acceptors (Lipinski definition) is 5. The highest BCUT2D eigenvalue weighted by atomic mass is 16.2. The van der Waals surface area contributed by atoms with Gasteiger partial charge in [-0.2, -0.15) is 0 Å². The lowest BCUT2D eigenvalue weighted by atomic mass is 10.2. The van der Waals surface area contributed by atoms with E-state index in [0.717, 1.165) is 30.5 Å². The molecule has 1 fully saturated rings. The molecule has 1 aliphatic heterocycles. The molecule has 1 atom stereocenters. The number of likely N-dealkylation sites (N-methyl/N-ethyl adjacent to an activating group) is 1. The van der Waals surface area contributed by atoms with Crippen molar-refractivity contribution in [2.45, 2.75) is 18.9 Å². The van der Waals surface area contributed by atoms with Crippen LogP contribution < -0.4 is 21.5 Å². The number of aromatic nitrogens is 3. The third kappa shape index (κ3) is 2.31. The van der Waals surface area contributed by atoms with E-state index < -0.39 is 5.69 Å². The molecular formula is C11H19N5O2. The summed E-state index contributed by atoms with van der Waals surface area (Å²) in [6, 6.07) is 0.388. The van der Waals surface area contributed by atoms with Gasteiger partial charge in [-0.25, -0.2) is 9.48 Å². The van der Waals surface area contributed by atoms with Gasteiger partial charge in [0.2, 0.25) is 5.82 Å². The average Bonchev–Trinajstić information content (AvgIpc) is 2.83. The highest BCUT2D eigenvalue weighted by Crippen LogP contribution is 2.08.